The molecule has 1 N–H and O–H groups in total. The molecule has 1 aromatic carbocycles. The summed E-state index contributed by atoms with van der Waals surface area (Å²) in [5, 5.41) is 2.72. The molecule has 1 aromatic rings. The smallest absolute Gasteiger partial charge is 0.225 e. The number of carbonyl (C=O) groups is 1. The largest absolute Gasteiger partial charge is 0.493 e. The minimum Gasteiger partial charge on any atom is -0.493 e. The molecule has 0 aromatic heterocycles. The SMILES string of the molecule is CNC(=O)C1CN(Cc2ccc(OCCCCCC(C)C)c(C)c2)C1. The molecule has 1 saturated heterocycles. The summed E-state index contributed by atoms with van der Waals surface area (Å²) in [6.45, 7) is 10.1. The monoisotopic (exact) mass is 346 g/mol. The third kappa shape index (κ3) is 6.35. The molecule has 0 radical (unpaired) electrons. The number of likely N-dealkylation sites (tertiary alicyclic amines) is 1. The number of hydrogen-bond donors (Lipinski definition) is 1. The summed E-state index contributed by atoms with van der Waals surface area (Å²) in [6.07, 6.45) is 4.98. The van der Waals surface area contributed by atoms with Crippen molar-refractivity contribution in [1.82, 2.24) is 10.2 Å². The van der Waals surface area contributed by atoms with Crippen molar-refractivity contribution in [3.8, 4) is 5.75 Å². The summed E-state index contributed by atoms with van der Waals surface area (Å²) in [4.78, 5) is 13.8. The van der Waals surface area contributed by atoms with E-state index in [0.29, 0.717) is 0 Å². The van der Waals surface area contributed by atoms with Gasteiger partial charge in [0.1, 0.15) is 5.75 Å². The lowest BCUT2D eigenvalue weighted by molar-refractivity contribution is -0.129. The van der Waals surface area contributed by atoms with Gasteiger partial charge in [-0.2, -0.15) is 0 Å². The van der Waals surface area contributed by atoms with Crippen LogP contribution >= 0.6 is 0 Å². The quantitative estimate of drug-likeness (QED) is 0.656. The van der Waals surface area contributed by atoms with Gasteiger partial charge in [-0.05, 0) is 36.5 Å². The van der Waals surface area contributed by atoms with E-state index >= 15 is 0 Å². The van der Waals surface area contributed by atoms with Crippen LogP contribution in [0, 0.1) is 18.8 Å². The molecular weight excluding hydrogens is 312 g/mol. The first-order valence-electron chi connectivity index (χ1n) is 9.66. The maximum absolute atomic E-state index is 11.5. The Morgan fingerprint density at radius 1 is 1.28 bits per heavy atom. The summed E-state index contributed by atoms with van der Waals surface area (Å²) < 4.78 is 5.94. The highest BCUT2D eigenvalue weighted by Crippen LogP contribution is 2.23. The Labute approximate surface area is 152 Å². The van der Waals surface area contributed by atoms with Crippen LogP contribution < -0.4 is 10.1 Å². The lowest BCUT2D eigenvalue weighted by atomic mass is 9.98. The summed E-state index contributed by atoms with van der Waals surface area (Å²) in [5.74, 6) is 2.11. The summed E-state index contributed by atoms with van der Waals surface area (Å²) in [5.41, 5.74) is 2.49. The minimum absolute atomic E-state index is 0.157. The number of rotatable bonds is 10. The molecule has 1 aliphatic heterocycles. The van der Waals surface area contributed by atoms with Crippen molar-refractivity contribution in [3.05, 3.63) is 29.3 Å². The van der Waals surface area contributed by atoms with Crippen LogP contribution in [-0.2, 0) is 11.3 Å². The second kappa shape index (κ2) is 9.81. The molecule has 1 aliphatic rings. The molecule has 0 atom stereocenters. The number of nitrogens with zero attached hydrogens (tertiary/aromatic N) is 1. The van der Waals surface area contributed by atoms with Crippen LogP contribution in [0.4, 0.5) is 0 Å². The molecule has 25 heavy (non-hydrogen) atoms. The Bertz CT molecular complexity index is 551. The fourth-order valence-electron chi connectivity index (χ4n) is 3.31. The van der Waals surface area contributed by atoms with Crippen LogP contribution in [-0.4, -0.2) is 37.6 Å². The Kier molecular flexibility index (Phi) is 7.76. The van der Waals surface area contributed by atoms with Gasteiger partial charge in [0, 0.05) is 26.7 Å². The van der Waals surface area contributed by atoms with Gasteiger partial charge in [0.15, 0.2) is 0 Å². The van der Waals surface area contributed by atoms with E-state index in [2.05, 4.69) is 49.2 Å². The molecule has 0 unspecified atom stereocenters. The number of unbranched alkanes of at least 4 members (excludes halogenated alkanes) is 2. The molecule has 1 fully saturated rings. The fourth-order valence-corrected chi connectivity index (χ4v) is 3.31. The van der Waals surface area contributed by atoms with Crippen molar-refractivity contribution in [3.63, 3.8) is 0 Å². The number of carbonyl (C=O) groups excluding carboxylic acids is 1. The number of hydrogen-bond acceptors (Lipinski definition) is 3. The Balaban J connectivity index is 1.69. The maximum atomic E-state index is 11.5. The van der Waals surface area contributed by atoms with Gasteiger partial charge in [0.25, 0.3) is 0 Å². The highest BCUT2D eigenvalue weighted by Gasteiger charge is 2.31. The molecule has 1 amide bonds. The van der Waals surface area contributed by atoms with E-state index in [9.17, 15) is 4.79 Å². The lowest BCUT2D eigenvalue weighted by Gasteiger charge is -2.38. The van der Waals surface area contributed by atoms with Gasteiger partial charge in [0.2, 0.25) is 5.91 Å². The zero-order valence-corrected chi connectivity index (χ0v) is 16.3. The molecule has 0 bridgehead atoms. The molecule has 1 heterocycles. The summed E-state index contributed by atoms with van der Waals surface area (Å²) >= 11 is 0. The van der Waals surface area contributed by atoms with Crippen molar-refractivity contribution in [2.45, 2.75) is 53.0 Å². The van der Waals surface area contributed by atoms with Gasteiger partial charge in [-0.3, -0.25) is 9.69 Å². The van der Waals surface area contributed by atoms with Gasteiger partial charge < -0.3 is 10.1 Å². The predicted octanol–water partition coefficient (Wildman–Crippen LogP) is 3.77. The molecular formula is C21H34N2O2. The van der Waals surface area contributed by atoms with Crippen molar-refractivity contribution < 1.29 is 9.53 Å². The highest BCUT2D eigenvalue weighted by atomic mass is 16.5. The first-order chi connectivity index (χ1) is 12.0. The van der Waals surface area contributed by atoms with E-state index in [1.165, 1.54) is 30.4 Å². The summed E-state index contributed by atoms with van der Waals surface area (Å²) in [7, 11) is 1.71. The topological polar surface area (TPSA) is 41.6 Å². The van der Waals surface area contributed by atoms with Gasteiger partial charge in [0.05, 0.1) is 12.5 Å². The molecule has 0 spiro atoms. The molecule has 4 heteroatoms. The summed E-state index contributed by atoms with van der Waals surface area (Å²) in [6, 6.07) is 6.45. The second-order valence-corrected chi connectivity index (χ2v) is 7.70. The zero-order valence-electron chi connectivity index (χ0n) is 16.3. The van der Waals surface area contributed by atoms with Crippen LogP contribution in [0.3, 0.4) is 0 Å². The van der Waals surface area contributed by atoms with Gasteiger partial charge in [-0.25, -0.2) is 0 Å². The molecule has 140 valence electrons. The standard InChI is InChI=1S/C21H34N2O2/c1-16(2)8-6-5-7-11-25-20-10-9-18(12-17(20)3)13-23-14-19(15-23)21(24)22-4/h9-10,12,16,19H,5-8,11,13-15H2,1-4H3,(H,22,24). The van der Waals surface area contributed by atoms with Crippen LogP contribution in [0.5, 0.6) is 5.75 Å². The Hall–Kier alpha value is -1.55. The van der Waals surface area contributed by atoms with E-state index in [0.717, 1.165) is 44.3 Å². The van der Waals surface area contributed by atoms with Crippen LogP contribution in [0.2, 0.25) is 0 Å². The van der Waals surface area contributed by atoms with Crippen molar-refractivity contribution >= 4 is 5.91 Å². The lowest BCUT2D eigenvalue weighted by Crippen LogP contribution is -2.52. The number of aryl methyl sites for hydroxylation is 1. The number of ether oxygens (including phenoxy) is 1. The first kappa shape index (κ1) is 19.8. The number of amides is 1. The second-order valence-electron chi connectivity index (χ2n) is 7.70. The highest BCUT2D eigenvalue weighted by molar-refractivity contribution is 5.79. The van der Waals surface area contributed by atoms with Crippen molar-refractivity contribution in [2.75, 3.05) is 26.7 Å². The van der Waals surface area contributed by atoms with Gasteiger partial charge >= 0.3 is 0 Å². The molecule has 2 rings (SSSR count). The van der Waals surface area contributed by atoms with Crippen LogP contribution in [0.25, 0.3) is 0 Å². The molecule has 4 nitrogen and oxygen atoms in total. The van der Waals surface area contributed by atoms with Crippen LogP contribution in [0.15, 0.2) is 18.2 Å². The number of benzene rings is 1. The van der Waals surface area contributed by atoms with Crippen LogP contribution in [0.1, 0.15) is 50.7 Å². The van der Waals surface area contributed by atoms with E-state index < -0.39 is 0 Å². The Morgan fingerprint density at radius 3 is 2.68 bits per heavy atom. The van der Waals surface area contributed by atoms with Gasteiger partial charge in [-0.1, -0.05) is 45.2 Å². The van der Waals surface area contributed by atoms with Gasteiger partial charge in [-0.15, -0.1) is 0 Å². The average molecular weight is 347 g/mol. The fraction of sp³-hybridized carbons (Fsp3) is 0.667. The zero-order chi connectivity index (χ0) is 18.2. The van der Waals surface area contributed by atoms with E-state index in [4.69, 9.17) is 4.74 Å². The minimum atomic E-state index is 0.157. The van der Waals surface area contributed by atoms with Crippen molar-refractivity contribution in [1.29, 1.82) is 0 Å². The molecule has 0 aliphatic carbocycles. The van der Waals surface area contributed by atoms with E-state index in [1.807, 2.05) is 0 Å². The Morgan fingerprint density at radius 2 is 2.04 bits per heavy atom. The number of nitrogens with one attached hydrogen (secondary N) is 1. The first-order valence-corrected chi connectivity index (χ1v) is 9.66. The third-order valence-electron chi connectivity index (χ3n) is 4.90. The third-order valence-corrected chi connectivity index (χ3v) is 4.90. The van der Waals surface area contributed by atoms with E-state index in [-0.39, 0.29) is 11.8 Å². The molecule has 0 saturated carbocycles. The van der Waals surface area contributed by atoms with E-state index in [1.54, 1.807) is 7.05 Å². The normalized spacial score (nSPS) is 15.2. The maximum Gasteiger partial charge on any atom is 0.225 e. The average Bonchev–Trinajstić information content (AvgIpc) is 2.54. The van der Waals surface area contributed by atoms with Crippen molar-refractivity contribution in [2.24, 2.45) is 11.8 Å². The predicted molar refractivity (Wildman–Crippen MR) is 103 cm³/mol.